The van der Waals surface area contributed by atoms with Crippen molar-refractivity contribution in [2.24, 2.45) is 0 Å². The number of carbonyl (C=O) groups excluding carboxylic acids is 1. The second kappa shape index (κ2) is 10.3. The fraction of sp³-hybridized carbons (Fsp3) is 0.409. The third kappa shape index (κ3) is 6.56. The number of para-hydroxylation sites is 1. The van der Waals surface area contributed by atoms with E-state index >= 15 is 0 Å². The van der Waals surface area contributed by atoms with Gasteiger partial charge in [-0.1, -0.05) is 41.9 Å². The molecular formula is C22H27ClN2O2. The second-order valence-electron chi connectivity index (χ2n) is 6.90. The lowest BCUT2D eigenvalue weighted by atomic mass is 10.2. The number of rotatable bonds is 7. The summed E-state index contributed by atoms with van der Waals surface area (Å²) in [5.74, 6) is 1.09. The Balaban J connectivity index is 1.38. The highest BCUT2D eigenvalue weighted by atomic mass is 35.5. The van der Waals surface area contributed by atoms with Crippen molar-refractivity contribution in [3.8, 4) is 5.75 Å². The zero-order valence-corrected chi connectivity index (χ0v) is 16.4. The van der Waals surface area contributed by atoms with Crippen LogP contribution in [0.4, 0.5) is 0 Å². The standard InChI is InChI=1S/C22H27ClN2O2/c23-20-11-9-19(10-12-20)18-24-13-5-14-25(16-15-24)22(26)8-4-17-27-21-6-2-1-3-7-21/h1-3,6-7,9-12H,4-5,8,13-18H2. The number of ether oxygens (including phenoxy) is 1. The van der Waals surface area contributed by atoms with Gasteiger partial charge in [-0.15, -0.1) is 0 Å². The van der Waals surface area contributed by atoms with Crippen molar-refractivity contribution in [1.29, 1.82) is 0 Å². The first-order chi connectivity index (χ1) is 13.2. The molecule has 0 aromatic heterocycles. The second-order valence-corrected chi connectivity index (χ2v) is 7.34. The molecule has 0 spiro atoms. The maximum Gasteiger partial charge on any atom is 0.222 e. The molecule has 1 fully saturated rings. The van der Waals surface area contributed by atoms with Gasteiger partial charge in [-0.05, 0) is 42.7 Å². The summed E-state index contributed by atoms with van der Waals surface area (Å²) in [6.45, 7) is 5.05. The first kappa shape index (κ1) is 19.7. The van der Waals surface area contributed by atoms with Crippen LogP contribution in [0.3, 0.4) is 0 Å². The molecule has 27 heavy (non-hydrogen) atoms. The largest absolute Gasteiger partial charge is 0.494 e. The van der Waals surface area contributed by atoms with Crippen molar-refractivity contribution in [2.45, 2.75) is 25.8 Å². The molecule has 0 atom stereocenters. The van der Waals surface area contributed by atoms with Crippen molar-refractivity contribution in [3.05, 3.63) is 65.2 Å². The van der Waals surface area contributed by atoms with Crippen LogP contribution in [0.15, 0.2) is 54.6 Å². The summed E-state index contributed by atoms with van der Waals surface area (Å²) in [6.07, 6.45) is 2.31. The Labute approximate surface area is 166 Å². The molecule has 0 aliphatic carbocycles. The summed E-state index contributed by atoms with van der Waals surface area (Å²) < 4.78 is 5.67. The summed E-state index contributed by atoms with van der Waals surface area (Å²) in [5, 5.41) is 0.766. The Morgan fingerprint density at radius 1 is 0.963 bits per heavy atom. The van der Waals surface area contributed by atoms with Crippen LogP contribution in [0.25, 0.3) is 0 Å². The van der Waals surface area contributed by atoms with Gasteiger partial charge in [-0.25, -0.2) is 0 Å². The van der Waals surface area contributed by atoms with Gasteiger partial charge < -0.3 is 9.64 Å². The van der Waals surface area contributed by atoms with E-state index in [4.69, 9.17) is 16.3 Å². The van der Waals surface area contributed by atoms with E-state index in [1.807, 2.05) is 47.4 Å². The van der Waals surface area contributed by atoms with Crippen LogP contribution in [-0.2, 0) is 11.3 Å². The SMILES string of the molecule is O=C(CCCOc1ccccc1)N1CCCN(Cc2ccc(Cl)cc2)CC1. The Hall–Kier alpha value is -2.04. The maximum atomic E-state index is 12.5. The molecule has 3 rings (SSSR count). The topological polar surface area (TPSA) is 32.8 Å². The number of nitrogens with zero attached hydrogens (tertiary/aromatic N) is 2. The van der Waals surface area contributed by atoms with Crippen LogP contribution in [0.5, 0.6) is 5.75 Å². The van der Waals surface area contributed by atoms with Crippen LogP contribution >= 0.6 is 11.6 Å². The number of hydrogen-bond acceptors (Lipinski definition) is 3. The minimum absolute atomic E-state index is 0.236. The van der Waals surface area contributed by atoms with E-state index in [1.54, 1.807) is 0 Å². The van der Waals surface area contributed by atoms with Gasteiger partial charge in [0.1, 0.15) is 5.75 Å². The summed E-state index contributed by atoms with van der Waals surface area (Å²) in [4.78, 5) is 16.9. The van der Waals surface area contributed by atoms with E-state index in [1.165, 1.54) is 5.56 Å². The number of carbonyl (C=O) groups is 1. The molecule has 1 aliphatic rings. The van der Waals surface area contributed by atoms with Gasteiger partial charge in [0.25, 0.3) is 0 Å². The summed E-state index contributed by atoms with van der Waals surface area (Å²) in [6, 6.07) is 17.8. The average molecular weight is 387 g/mol. The lowest BCUT2D eigenvalue weighted by molar-refractivity contribution is -0.131. The molecule has 0 saturated carbocycles. The van der Waals surface area contributed by atoms with Crippen LogP contribution in [-0.4, -0.2) is 48.5 Å². The van der Waals surface area contributed by atoms with Crippen molar-refractivity contribution < 1.29 is 9.53 Å². The minimum atomic E-state index is 0.236. The molecule has 4 nitrogen and oxygen atoms in total. The van der Waals surface area contributed by atoms with E-state index in [9.17, 15) is 4.79 Å². The molecule has 0 bridgehead atoms. The Morgan fingerprint density at radius 3 is 2.52 bits per heavy atom. The smallest absolute Gasteiger partial charge is 0.222 e. The van der Waals surface area contributed by atoms with Gasteiger partial charge in [-0.2, -0.15) is 0 Å². The van der Waals surface area contributed by atoms with Crippen molar-refractivity contribution in [1.82, 2.24) is 9.80 Å². The van der Waals surface area contributed by atoms with Crippen LogP contribution < -0.4 is 4.74 Å². The van der Waals surface area contributed by atoms with Gasteiger partial charge in [0.05, 0.1) is 6.61 Å². The predicted octanol–water partition coefficient (Wildman–Crippen LogP) is 4.23. The Morgan fingerprint density at radius 2 is 1.74 bits per heavy atom. The predicted molar refractivity (Wildman–Crippen MR) is 109 cm³/mol. The summed E-state index contributed by atoms with van der Waals surface area (Å²) in [5.41, 5.74) is 1.26. The third-order valence-corrected chi connectivity index (χ3v) is 5.06. The van der Waals surface area contributed by atoms with E-state index in [2.05, 4.69) is 17.0 Å². The lowest BCUT2D eigenvalue weighted by Crippen LogP contribution is -2.35. The fourth-order valence-electron chi connectivity index (χ4n) is 3.31. The van der Waals surface area contributed by atoms with Crippen molar-refractivity contribution >= 4 is 17.5 Å². The van der Waals surface area contributed by atoms with Gasteiger partial charge in [0, 0.05) is 44.2 Å². The molecule has 2 aromatic carbocycles. The molecule has 2 aromatic rings. The van der Waals surface area contributed by atoms with Crippen LogP contribution in [0.2, 0.25) is 5.02 Å². The first-order valence-electron chi connectivity index (χ1n) is 9.63. The fourth-order valence-corrected chi connectivity index (χ4v) is 3.44. The molecule has 1 heterocycles. The molecule has 1 amide bonds. The van der Waals surface area contributed by atoms with E-state index in [0.717, 1.165) is 56.3 Å². The quantitative estimate of drug-likeness (QED) is 0.667. The van der Waals surface area contributed by atoms with Gasteiger partial charge >= 0.3 is 0 Å². The monoisotopic (exact) mass is 386 g/mol. The van der Waals surface area contributed by atoms with E-state index < -0.39 is 0 Å². The van der Waals surface area contributed by atoms with Gasteiger partial charge in [-0.3, -0.25) is 9.69 Å². The number of hydrogen-bond donors (Lipinski definition) is 0. The normalized spacial score (nSPS) is 15.4. The minimum Gasteiger partial charge on any atom is -0.494 e. The molecular weight excluding hydrogens is 360 g/mol. The Bertz CT molecular complexity index is 706. The average Bonchev–Trinajstić information content (AvgIpc) is 2.93. The third-order valence-electron chi connectivity index (χ3n) is 4.81. The lowest BCUT2D eigenvalue weighted by Gasteiger charge is -2.22. The molecule has 0 N–H and O–H groups in total. The van der Waals surface area contributed by atoms with Gasteiger partial charge in [0.15, 0.2) is 0 Å². The van der Waals surface area contributed by atoms with Crippen molar-refractivity contribution in [3.63, 3.8) is 0 Å². The molecule has 1 saturated heterocycles. The number of amides is 1. The highest BCUT2D eigenvalue weighted by molar-refractivity contribution is 6.30. The van der Waals surface area contributed by atoms with E-state index in [-0.39, 0.29) is 5.91 Å². The van der Waals surface area contributed by atoms with E-state index in [0.29, 0.717) is 13.0 Å². The summed E-state index contributed by atoms with van der Waals surface area (Å²) >= 11 is 5.95. The first-order valence-corrected chi connectivity index (χ1v) is 10.0. The summed E-state index contributed by atoms with van der Waals surface area (Å²) in [7, 11) is 0. The number of benzene rings is 2. The maximum absolute atomic E-state index is 12.5. The Kier molecular flexibility index (Phi) is 7.55. The van der Waals surface area contributed by atoms with Crippen molar-refractivity contribution in [2.75, 3.05) is 32.8 Å². The van der Waals surface area contributed by atoms with Gasteiger partial charge in [0.2, 0.25) is 5.91 Å². The zero-order valence-electron chi connectivity index (χ0n) is 15.6. The molecule has 144 valence electrons. The van der Waals surface area contributed by atoms with Crippen LogP contribution in [0, 0.1) is 0 Å². The highest BCUT2D eigenvalue weighted by Crippen LogP contribution is 2.14. The number of halogens is 1. The molecule has 0 radical (unpaired) electrons. The molecule has 5 heteroatoms. The molecule has 0 unspecified atom stereocenters. The van der Waals surface area contributed by atoms with Crippen LogP contribution in [0.1, 0.15) is 24.8 Å². The zero-order chi connectivity index (χ0) is 18.9. The molecule has 1 aliphatic heterocycles. The highest BCUT2D eigenvalue weighted by Gasteiger charge is 2.18.